The molecule has 3 N–H and O–H groups in total. The van der Waals surface area contributed by atoms with Crippen LogP contribution in [-0.4, -0.2) is 20.2 Å². The van der Waals surface area contributed by atoms with E-state index in [0.717, 1.165) is 34.5 Å². The summed E-state index contributed by atoms with van der Waals surface area (Å²) in [5.74, 6) is -0.497. The van der Waals surface area contributed by atoms with Crippen molar-refractivity contribution >= 4 is 33.5 Å². The number of halogens is 1. The van der Waals surface area contributed by atoms with E-state index in [0.29, 0.717) is 40.0 Å². The normalized spacial score (nSPS) is 12.4. The van der Waals surface area contributed by atoms with Crippen LogP contribution in [0.3, 0.4) is 0 Å². The quantitative estimate of drug-likeness (QED) is 0.176. The van der Waals surface area contributed by atoms with Crippen molar-refractivity contribution < 1.29 is 4.39 Å². The molecule has 202 valence electrons. The highest BCUT2D eigenvalue weighted by molar-refractivity contribution is 5.95. The fraction of sp³-hybridized carbons (Fsp3) is 0.0882. The molecule has 0 radical (unpaired) electrons. The average Bonchev–Trinajstić information content (AvgIpc) is 3.66. The van der Waals surface area contributed by atoms with E-state index in [1.54, 1.807) is 18.6 Å². The van der Waals surface area contributed by atoms with Crippen LogP contribution in [0.2, 0.25) is 0 Å². The van der Waals surface area contributed by atoms with Crippen molar-refractivity contribution in [2.45, 2.75) is 19.8 Å². The zero-order chi connectivity index (χ0) is 28.3. The highest BCUT2D eigenvalue weighted by atomic mass is 19.1. The van der Waals surface area contributed by atoms with Crippen LogP contribution in [-0.2, 0) is 6.42 Å². The molecule has 3 aromatic heterocycles. The van der Waals surface area contributed by atoms with Gasteiger partial charge >= 0.3 is 0 Å². The standard InChI is InChI=1S/C34H29FN6/c1-21(16-24-10-5-4-6-11-24)38-27-17-26(18-36-19-27)34-32(35)31-30(20-37-34)40-41-33(31)23(3)39-29-15-9-14-28(22(29)2)25-12-7-8-13-25/h4-7,9-15,17-20,38-39H,1,3,8,16H2,2H3,(H,40,41). The Bertz CT molecular complexity index is 1850. The molecule has 3 heterocycles. The number of nitrogens with zero attached hydrogens (tertiary/aromatic N) is 3. The number of hydrogen-bond donors (Lipinski definition) is 3. The molecule has 1 aliphatic carbocycles. The molecule has 6 rings (SSSR count). The monoisotopic (exact) mass is 540 g/mol. The highest BCUT2D eigenvalue weighted by Crippen LogP contribution is 2.34. The third-order valence-electron chi connectivity index (χ3n) is 7.13. The first-order valence-electron chi connectivity index (χ1n) is 13.4. The van der Waals surface area contributed by atoms with Gasteiger partial charge in [0.2, 0.25) is 0 Å². The average molecular weight is 541 g/mol. The van der Waals surface area contributed by atoms with Crippen molar-refractivity contribution in [3.63, 3.8) is 0 Å². The Hall–Kier alpha value is -5.30. The summed E-state index contributed by atoms with van der Waals surface area (Å²) in [7, 11) is 0. The van der Waals surface area contributed by atoms with Crippen molar-refractivity contribution in [1.29, 1.82) is 0 Å². The molecule has 0 amide bonds. The number of nitrogens with one attached hydrogen (secondary N) is 3. The molecule has 0 unspecified atom stereocenters. The molecular weight excluding hydrogens is 511 g/mol. The van der Waals surface area contributed by atoms with E-state index in [2.05, 4.69) is 75.2 Å². The minimum absolute atomic E-state index is 0.177. The molecule has 0 fully saturated rings. The van der Waals surface area contributed by atoms with Crippen LogP contribution in [0.15, 0.2) is 110 Å². The van der Waals surface area contributed by atoms with Gasteiger partial charge in [0.05, 0.1) is 34.7 Å². The lowest BCUT2D eigenvalue weighted by Crippen LogP contribution is -2.03. The summed E-state index contributed by atoms with van der Waals surface area (Å²) in [6.07, 6.45) is 12.9. The first-order valence-corrected chi connectivity index (χ1v) is 13.4. The van der Waals surface area contributed by atoms with Gasteiger partial charge in [0.25, 0.3) is 0 Å². The van der Waals surface area contributed by atoms with Gasteiger partial charge in [-0.15, -0.1) is 0 Å². The fourth-order valence-electron chi connectivity index (χ4n) is 5.09. The SMILES string of the molecule is C=C(Cc1ccccc1)Nc1cncc(-c2ncc3[nH]nc(C(=C)Nc4cccc(C5=CCC=C5)c4C)c3c2F)c1. The van der Waals surface area contributed by atoms with Crippen molar-refractivity contribution in [2.75, 3.05) is 10.6 Å². The number of allylic oxidation sites excluding steroid dienone is 5. The van der Waals surface area contributed by atoms with E-state index in [-0.39, 0.29) is 5.69 Å². The molecular formula is C34H29FN6. The van der Waals surface area contributed by atoms with Crippen LogP contribution >= 0.6 is 0 Å². The number of H-pyrrole nitrogens is 1. The number of aromatic amines is 1. The lowest BCUT2D eigenvalue weighted by Gasteiger charge is -2.15. The molecule has 5 aromatic rings. The second-order valence-corrected chi connectivity index (χ2v) is 10.0. The third kappa shape index (κ3) is 5.30. The molecule has 7 heteroatoms. The third-order valence-corrected chi connectivity index (χ3v) is 7.13. The maximum absolute atomic E-state index is 16.1. The number of pyridine rings is 2. The highest BCUT2D eigenvalue weighted by Gasteiger charge is 2.20. The Labute approximate surface area is 238 Å². The van der Waals surface area contributed by atoms with E-state index >= 15 is 4.39 Å². The molecule has 0 spiro atoms. The Balaban J connectivity index is 1.27. The Kier molecular flexibility index (Phi) is 7.00. The van der Waals surface area contributed by atoms with Crippen LogP contribution in [0, 0.1) is 12.7 Å². The second-order valence-electron chi connectivity index (χ2n) is 10.0. The van der Waals surface area contributed by atoms with Gasteiger partial charge in [-0.05, 0) is 47.7 Å². The van der Waals surface area contributed by atoms with Crippen molar-refractivity contribution in [1.82, 2.24) is 20.2 Å². The van der Waals surface area contributed by atoms with Gasteiger partial charge in [0.15, 0.2) is 5.82 Å². The number of anilines is 2. The molecule has 0 saturated heterocycles. The summed E-state index contributed by atoms with van der Waals surface area (Å²) < 4.78 is 16.1. The molecule has 0 aliphatic heterocycles. The van der Waals surface area contributed by atoms with Gasteiger partial charge in [-0.2, -0.15) is 5.10 Å². The zero-order valence-electron chi connectivity index (χ0n) is 22.7. The lowest BCUT2D eigenvalue weighted by atomic mass is 9.99. The largest absolute Gasteiger partial charge is 0.358 e. The Morgan fingerprint density at radius 3 is 2.68 bits per heavy atom. The first kappa shape index (κ1) is 26.0. The van der Waals surface area contributed by atoms with Gasteiger partial charge in [-0.3, -0.25) is 15.1 Å². The summed E-state index contributed by atoms with van der Waals surface area (Å²) in [5.41, 5.74) is 9.02. The predicted molar refractivity (Wildman–Crippen MR) is 166 cm³/mol. The van der Waals surface area contributed by atoms with Crippen LogP contribution in [0.4, 0.5) is 15.8 Å². The Morgan fingerprint density at radius 2 is 1.88 bits per heavy atom. The minimum atomic E-state index is -0.497. The molecule has 41 heavy (non-hydrogen) atoms. The molecule has 0 atom stereocenters. The van der Waals surface area contributed by atoms with Crippen LogP contribution in [0.25, 0.3) is 33.4 Å². The maximum atomic E-state index is 16.1. The van der Waals surface area contributed by atoms with Crippen LogP contribution in [0.5, 0.6) is 0 Å². The van der Waals surface area contributed by atoms with E-state index in [4.69, 9.17) is 0 Å². The summed E-state index contributed by atoms with van der Waals surface area (Å²) in [6, 6.07) is 18.0. The minimum Gasteiger partial charge on any atom is -0.358 e. The zero-order valence-corrected chi connectivity index (χ0v) is 22.7. The fourth-order valence-corrected chi connectivity index (χ4v) is 5.09. The van der Waals surface area contributed by atoms with Crippen molar-refractivity contribution in [2.24, 2.45) is 0 Å². The van der Waals surface area contributed by atoms with Gasteiger partial charge in [0.1, 0.15) is 11.4 Å². The van der Waals surface area contributed by atoms with Crippen molar-refractivity contribution in [3.8, 4) is 11.3 Å². The van der Waals surface area contributed by atoms with Crippen molar-refractivity contribution in [3.05, 3.63) is 138 Å². The molecule has 1 aliphatic rings. The van der Waals surface area contributed by atoms with Gasteiger partial charge < -0.3 is 10.6 Å². The van der Waals surface area contributed by atoms with Crippen LogP contribution in [0.1, 0.15) is 28.8 Å². The van der Waals surface area contributed by atoms with E-state index < -0.39 is 5.82 Å². The molecule has 2 aromatic carbocycles. The first-order chi connectivity index (χ1) is 20.0. The van der Waals surface area contributed by atoms with Gasteiger partial charge in [-0.25, -0.2) is 4.39 Å². The van der Waals surface area contributed by atoms with Crippen LogP contribution < -0.4 is 10.6 Å². The number of benzene rings is 2. The summed E-state index contributed by atoms with van der Waals surface area (Å²) in [4.78, 5) is 8.71. The summed E-state index contributed by atoms with van der Waals surface area (Å²) >= 11 is 0. The molecule has 6 nitrogen and oxygen atoms in total. The molecule has 0 saturated carbocycles. The predicted octanol–water partition coefficient (Wildman–Crippen LogP) is 8.06. The number of hydrogen-bond acceptors (Lipinski definition) is 5. The number of aromatic nitrogens is 4. The van der Waals surface area contributed by atoms with E-state index in [1.807, 2.05) is 48.5 Å². The maximum Gasteiger partial charge on any atom is 0.161 e. The number of fused-ring (bicyclic) bond motifs is 1. The topological polar surface area (TPSA) is 78.5 Å². The summed E-state index contributed by atoms with van der Waals surface area (Å²) in [5, 5.41) is 14.2. The summed E-state index contributed by atoms with van der Waals surface area (Å²) in [6.45, 7) is 10.4. The van der Waals surface area contributed by atoms with E-state index in [1.165, 1.54) is 5.57 Å². The van der Waals surface area contributed by atoms with Gasteiger partial charge in [0, 0.05) is 29.6 Å². The van der Waals surface area contributed by atoms with Gasteiger partial charge in [-0.1, -0.05) is 73.9 Å². The Morgan fingerprint density at radius 1 is 1.02 bits per heavy atom. The smallest absolute Gasteiger partial charge is 0.161 e. The second kappa shape index (κ2) is 11.1. The molecule has 0 bridgehead atoms. The lowest BCUT2D eigenvalue weighted by molar-refractivity contribution is 0.638. The van der Waals surface area contributed by atoms with E-state index in [9.17, 15) is 0 Å². The number of rotatable bonds is 9.